The minimum absolute atomic E-state index is 0.0806. The van der Waals surface area contributed by atoms with E-state index < -0.39 is 0 Å². The Morgan fingerprint density at radius 1 is 1.32 bits per heavy atom. The second kappa shape index (κ2) is 4.99. The molecular formula is C16H22ClNO. The quantitative estimate of drug-likeness (QED) is 0.893. The molecule has 1 aliphatic carbocycles. The van der Waals surface area contributed by atoms with Crippen LogP contribution < -0.4 is 10.5 Å². The van der Waals surface area contributed by atoms with Crippen molar-refractivity contribution >= 4 is 11.6 Å². The zero-order valence-corrected chi connectivity index (χ0v) is 12.3. The molecule has 2 nitrogen and oxygen atoms in total. The highest BCUT2D eigenvalue weighted by atomic mass is 35.5. The lowest BCUT2D eigenvalue weighted by molar-refractivity contribution is 0.237. The molecule has 0 amide bonds. The van der Waals surface area contributed by atoms with Gasteiger partial charge in [-0.25, -0.2) is 0 Å². The fourth-order valence-corrected chi connectivity index (χ4v) is 3.94. The Bertz CT molecular complexity index is 480. The molecule has 0 radical (unpaired) electrons. The summed E-state index contributed by atoms with van der Waals surface area (Å²) in [4.78, 5) is 0. The summed E-state index contributed by atoms with van der Waals surface area (Å²) in [6.07, 6.45) is 7.38. The van der Waals surface area contributed by atoms with E-state index in [4.69, 9.17) is 22.1 Å². The first kappa shape index (κ1) is 13.3. The molecule has 0 spiro atoms. The lowest BCUT2D eigenvalue weighted by atomic mass is 9.69. The highest BCUT2D eigenvalue weighted by molar-refractivity contribution is 6.30. The van der Waals surface area contributed by atoms with Gasteiger partial charge in [-0.15, -0.1) is 0 Å². The predicted molar refractivity (Wildman–Crippen MR) is 79.1 cm³/mol. The van der Waals surface area contributed by atoms with E-state index in [1.165, 1.54) is 30.4 Å². The molecular weight excluding hydrogens is 258 g/mol. The van der Waals surface area contributed by atoms with Gasteiger partial charge in [0.05, 0.1) is 0 Å². The summed E-state index contributed by atoms with van der Waals surface area (Å²) in [5, 5.41) is 0.824. The fraction of sp³-hybridized carbons (Fsp3) is 0.625. The molecule has 1 fully saturated rings. The van der Waals surface area contributed by atoms with Gasteiger partial charge in [-0.05, 0) is 37.5 Å². The number of halogens is 1. The van der Waals surface area contributed by atoms with Crippen LogP contribution in [0.5, 0.6) is 5.75 Å². The second-order valence-corrected chi connectivity index (χ2v) is 6.56. The number of ether oxygens (including phenoxy) is 1. The zero-order chi connectivity index (χ0) is 13.5. The maximum absolute atomic E-state index is 6.32. The first-order chi connectivity index (χ1) is 9.14. The Balaban J connectivity index is 2.09. The normalized spacial score (nSPS) is 24.9. The van der Waals surface area contributed by atoms with Crippen LogP contribution in [0.4, 0.5) is 0 Å². The molecule has 104 valence electrons. The predicted octanol–water partition coefficient (Wildman–Crippen LogP) is 3.82. The van der Waals surface area contributed by atoms with E-state index >= 15 is 0 Å². The smallest absolute Gasteiger partial charge is 0.126 e. The highest BCUT2D eigenvalue weighted by Crippen LogP contribution is 2.47. The molecule has 1 aromatic carbocycles. The Labute approximate surface area is 120 Å². The molecule has 1 aromatic rings. The average molecular weight is 280 g/mol. The summed E-state index contributed by atoms with van der Waals surface area (Å²) in [5.74, 6) is 1.07. The van der Waals surface area contributed by atoms with Crippen LogP contribution in [0.15, 0.2) is 12.1 Å². The molecule has 0 bridgehead atoms. The first-order valence-corrected chi connectivity index (χ1v) is 7.72. The monoisotopic (exact) mass is 279 g/mol. The topological polar surface area (TPSA) is 35.2 Å². The number of nitrogens with two attached hydrogens (primary N) is 1. The van der Waals surface area contributed by atoms with Gasteiger partial charge in [0, 0.05) is 29.0 Å². The van der Waals surface area contributed by atoms with Gasteiger partial charge in [0.15, 0.2) is 0 Å². The molecule has 1 atom stereocenters. The third kappa shape index (κ3) is 2.25. The van der Waals surface area contributed by atoms with Crippen LogP contribution in [-0.4, -0.2) is 12.6 Å². The van der Waals surface area contributed by atoms with Crippen molar-refractivity contribution in [3.05, 3.63) is 28.3 Å². The largest absolute Gasteiger partial charge is 0.490 e. The molecule has 1 aliphatic heterocycles. The van der Waals surface area contributed by atoms with Gasteiger partial charge >= 0.3 is 0 Å². The SMILES string of the molecule is CC1Cc2cc(Cl)cc(C3(CN)CCCCC3)c2O1. The molecule has 2 aliphatic rings. The van der Waals surface area contributed by atoms with Gasteiger partial charge in [0.25, 0.3) is 0 Å². The van der Waals surface area contributed by atoms with E-state index in [1.807, 2.05) is 0 Å². The van der Waals surface area contributed by atoms with Crippen molar-refractivity contribution in [1.82, 2.24) is 0 Å². The lowest BCUT2D eigenvalue weighted by Gasteiger charge is -2.37. The Morgan fingerprint density at radius 3 is 2.74 bits per heavy atom. The lowest BCUT2D eigenvalue weighted by Crippen LogP contribution is -2.37. The summed E-state index contributed by atoms with van der Waals surface area (Å²) in [5.41, 5.74) is 8.75. The van der Waals surface area contributed by atoms with Gasteiger partial charge < -0.3 is 10.5 Å². The molecule has 1 saturated carbocycles. The van der Waals surface area contributed by atoms with Crippen LogP contribution in [-0.2, 0) is 11.8 Å². The van der Waals surface area contributed by atoms with Gasteiger partial charge in [0.1, 0.15) is 11.9 Å². The standard InChI is InChI=1S/C16H22ClNO/c1-11-7-12-8-13(17)9-14(15(12)19-11)16(10-18)5-3-2-4-6-16/h8-9,11H,2-7,10,18H2,1H3. The minimum atomic E-state index is 0.0806. The maximum atomic E-state index is 6.32. The second-order valence-electron chi connectivity index (χ2n) is 6.12. The summed E-state index contributed by atoms with van der Waals surface area (Å²) in [7, 11) is 0. The molecule has 3 heteroatoms. The summed E-state index contributed by atoms with van der Waals surface area (Å²) < 4.78 is 6.06. The number of hydrogen-bond donors (Lipinski definition) is 1. The van der Waals surface area contributed by atoms with Crippen molar-refractivity contribution in [2.75, 3.05) is 6.54 Å². The molecule has 0 aromatic heterocycles. The zero-order valence-electron chi connectivity index (χ0n) is 11.5. The van der Waals surface area contributed by atoms with Crippen molar-refractivity contribution in [3.63, 3.8) is 0 Å². The van der Waals surface area contributed by atoms with Gasteiger partial charge in [-0.3, -0.25) is 0 Å². The third-order valence-electron chi connectivity index (χ3n) is 4.73. The van der Waals surface area contributed by atoms with E-state index in [0.29, 0.717) is 6.54 Å². The molecule has 3 rings (SSSR count). The summed E-state index contributed by atoms with van der Waals surface area (Å²) in [6, 6.07) is 4.15. The van der Waals surface area contributed by atoms with Crippen LogP contribution >= 0.6 is 11.6 Å². The number of rotatable bonds is 2. The van der Waals surface area contributed by atoms with Crippen LogP contribution in [0.3, 0.4) is 0 Å². The van der Waals surface area contributed by atoms with Crippen molar-refractivity contribution in [2.45, 2.75) is 57.0 Å². The van der Waals surface area contributed by atoms with Crippen LogP contribution in [0, 0.1) is 0 Å². The minimum Gasteiger partial charge on any atom is -0.490 e. The van der Waals surface area contributed by atoms with E-state index in [1.54, 1.807) is 0 Å². The molecule has 1 unspecified atom stereocenters. The number of hydrogen-bond acceptors (Lipinski definition) is 2. The molecule has 0 saturated heterocycles. The van der Waals surface area contributed by atoms with Crippen LogP contribution in [0.2, 0.25) is 5.02 Å². The van der Waals surface area contributed by atoms with Crippen molar-refractivity contribution in [3.8, 4) is 5.75 Å². The number of fused-ring (bicyclic) bond motifs is 1. The van der Waals surface area contributed by atoms with Crippen molar-refractivity contribution in [2.24, 2.45) is 5.73 Å². The Morgan fingerprint density at radius 2 is 2.05 bits per heavy atom. The third-order valence-corrected chi connectivity index (χ3v) is 4.95. The van der Waals surface area contributed by atoms with E-state index in [2.05, 4.69) is 19.1 Å². The average Bonchev–Trinajstić information content (AvgIpc) is 2.78. The molecule has 19 heavy (non-hydrogen) atoms. The van der Waals surface area contributed by atoms with Gasteiger partial charge in [0.2, 0.25) is 0 Å². The highest BCUT2D eigenvalue weighted by Gasteiger charge is 2.38. The number of benzene rings is 1. The summed E-state index contributed by atoms with van der Waals surface area (Å²) in [6.45, 7) is 2.81. The Kier molecular flexibility index (Phi) is 3.48. The van der Waals surface area contributed by atoms with E-state index in [9.17, 15) is 0 Å². The molecule has 1 heterocycles. The first-order valence-electron chi connectivity index (χ1n) is 7.34. The molecule has 2 N–H and O–H groups in total. The van der Waals surface area contributed by atoms with E-state index in [0.717, 1.165) is 30.0 Å². The van der Waals surface area contributed by atoms with Gasteiger partial charge in [-0.2, -0.15) is 0 Å². The Hall–Kier alpha value is -0.730. The van der Waals surface area contributed by atoms with Crippen LogP contribution in [0.25, 0.3) is 0 Å². The fourth-order valence-electron chi connectivity index (χ4n) is 3.70. The van der Waals surface area contributed by atoms with Gasteiger partial charge in [-0.1, -0.05) is 30.9 Å². The van der Waals surface area contributed by atoms with E-state index in [-0.39, 0.29) is 11.5 Å². The van der Waals surface area contributed by atoms with Crippen LogP contribution in [0.1, 0.15) is 50.2 Å². The summed E-state index contributed by atoms with van der Waals surface area (Å²) >= 11 is 6.32. The van der Waals surface area contributed by atoms with Crippen molar-refractivity contribution in [1.29, 1.82) is 0 Å². The van der Waals surface area contributed by atoms with Crippen molar-refractivity contribution < 1.29 is 4.74 Å². The maximum Gasteiger partial charge on any atom is 0.126 e.